The summed E-state index contributed by atoms with van der Waals surface area (Å²) in [6.07, 6.45) is 5.68. The zero-order valence-corrected chi connectivity index (χ0v) is 13.3. The maximum Gasteiger partial charge on any atom is 0.220 e. The fourth-order valence-corrected chi connectivity index (χ4v) is 2.49. The average Bonchev–Trinajstić information content (AvgIpc) is 3.14. The number of rotatable bonds is 6. The lowest BCUT2D eigenvalue weighted by molar-refractivity contribution is -0.122. The minimum absolute atomic E-state index is 0. The number of carbonyl (C=O) groups excluding carboxylic acids is 1. The Bertz CT molecular complexity index is 256. The Balaban J connectivity index is 0.00000162. The summed E-state index contributed by atoms with van der Waals surface area (Å²) in [5, 5.41) is 6.37. The first kappa shape index (κ1) is 19.0. The zero-order valence-electron chi connectivity index (χ0n) is 11.7. The molecule has 0 atom stereocenters. The third-order valence-corrected chi connectivity index (χ3v) is 3.89. The Kier molecular flexibility index (Phi) is 9.79. The number of nitrogens with one attached hydrogen (secondary N) is 2. The van der Waals surface area contributed by atoms with E-state index in [1.54, 1.807) is 0 Å². The lowest BCUT2D eigenvalue weighted by Crippen LogP contribution is -2.36. The van der Waals surface area contributed by atoms with Crippen LogP contribution in [0.3, 0.4) is 0 Å². The molecule has 2 aliphatic rings. The van der Waals surface area contributed by atoms with Gasteiger partial charge in [0.05, 0.1) is 0 Å². The maximum absolute atomic E-state index is 11.7. The molecule has 2 fully saturated rings. The van der Waals surface area contributed by atoms with Crippen LogP contribution in [0.1, 0.15) is 32.1 Å². The molecule has 0 aromatic heterocycles. The molecule has 114 valence electrons. The van der Waals surface area contributed by atoms with Crippen LogP contribution in [-0.4, -0.2) is 50.1 Å². The summed E-state index contributed by atoms with van der Waals surface area (Å²) in [4.78, 5) is 14.1. The Hall–Kier alpha value is -0.0300. The van der Waals surface area contributed by atoms with Crippen LogP contribution in [0, 0.1) is 5.92 Å². The highest BCUT2D eigenvalue weighted by molar-refractivity contribution is 5.85. The second-order valence-corrected chi connectivity index (χ2v) is 5.46. The van der Waals surface area contributed by atoms with Crippen molar-refractivity contribution < 1.29 is 4.79 Å². The molecule has 1 aliphatic heterocycles. The fraction of sp³-hybridized carbons (Fsp3) is 0.923. The summed E-state index contributed by atoms with van der Waals surface area (Å²) in [5.74, 6) is 0.832. The second-order valence-electron chi connectivity index (χ2n) is 5.46. The van der Waals surface area contributed by atoms with Gasteiger partial charge in [0.15, 0.2) is 0 Å². The van der Waals surface area contributed by atoms with Gasteiger partial charge < -0.3 is 15.5 Å². The van der Waals surface area contributed by atoms with Crippen molar-refractivity contribution in [2.75, 3.05) is 33.2 Å². The molecule has 0 aromatic rings. The van der Waals surface area contributed by atoms with Crippen LogP contribution in [0.4, 0.5) is 0 Å². The van der Waals surface area contributed by atoms with Crippen molar-refractivity contribution in [2.45, 2.75) is 38.1 Å². The molecule has 0 bridgehead atoms. The van der Waals surface area contributed by atoms with Crippen molar-refractivity contribution in [3.63, 3.8) is 0 Å². The van der Waals surface area contributed by atoms with Crippen molar-refractivity contribution in [3.8, 4) is 0 Å². The number of carbonyl (C=O) groups is 1. The smallest absolute Gasteiger partial charge is 0.220 e. The molecule has 0 radical (unpaired) electrons. The number of halogens is 2. The van der Waals surface area contributed by atoms with E-state index >= 15 is 0 Å². The van der Waals surface area contributed by atoms with E-state index in [2.05, 4.69) is 22.6 Å². The Labute approximate surface area is 128 Å². The number of hydrogen-bond donors (Lipinski definition) is 2. The Morgan fingerprint density at radius 1 is 1.21 bits per heavy atom. The van der Waals surface area contributed by atoms with Crippen molar-refractivity contribution in [2.24, 2.45) is 5.92 Å². The normalized spacial score (nSPS) is 19.5. The van der Waals surface area contributed by atoms with Gasteiger partial charge in [-0.1, -0.05) is 0 Å². The predicted octanol–water partition coefficient (Wildman–Crippen LogP) is 1.43. The lowest BCUT2D eigenvalue weighted by atomic mass is 9.94. The summed E-state index contributed by atoms with van der Waals surface area (Å²) in [5.41, 5.74) is 0. The van der Waals surface area contributed by atoms with E-state index in [0.29, 0.717) is 5.92 Å². The summed E-state index contributed by atoms with van der Waals surface area (Å²) in [7, 11) is 2.15. The molecule has 0 spiro atoms. The molecule has 2 N–H and O–H groups in total. The predicted molar refractivity (Wildman–Crippen MR) is 83.4 cm³/mol. The van der Waals surface area contributed by atoms with Crippen LogP contribution in [0.15, 0.2) is 0 Å². The van der Waals surface area contributed by atoms with Crippen LogP contribution in [0.25, 0.3) is 0 Å². The van der Waals surface area contributed by atoms with Gasteiger partial charge in [0.1, 0.15) is 0 Å². The molecule has 0 aromatic carbocycles. The van der Waals surface area contributed by atoms with Crippen LogP contribution in [-0.2, 0) is 4.79 Å². The quantitative estimate of drug-likeness (QED) is 0.780. The monoisotopic (exact) mass is 311 g/mol. The zero-order chi connectivity index (χ0) is 12.1. The van der Waals surface area contributed by atoms with Gasteiger partial charge in [-0.15, -0.1) is 24.8 Å². The average molecular weight is 312 g/mol. The van der Waals surface area contributed by atoms with Crippen LogP contribution in [0.2, 0.25) is 0 Å². The van der Waals surface area contributed by atoms with Crippen molar-refractivity contribution in [3.05, 3.63) is 0 Å². The van der Waals surface area contributed by atoms with Crippen LogP contribution in [0.5, 0.6) is 0 Å². The molecule has 6 heteroatoms. The van der Waals surface area contributed by atoms with Gasteiger partial charge in [-0.05, 0) is 51.7 Å². The van der Waals surface area contributed by atoms with Crippen molar-refractivity contribution in [1.82, 2.24) is 15.5 Å². The molecule has 19 heavy (non-hydrogen) atoms. The van der Waals surface area contributed by atoms with Gasteiger partial charge in [0.2, 0.25) is 5.91 Å². The molecule has 1 aliphatic carbocycles. The number of likely N-dealkylation sites (N-methyl/N-ethyl adjacent to an activating group) is 1. The summed E-state index contributed by atoms with van der Waals surface area (Å²) in [6.45, 7) is 3.93. The minimum atomic E-state index is 0. The van der Waals surface area contributed by atoms with Crippen molar-refractivity contribution in [1.29, 1.82) is 0 Å². The van der Waals surface area contributed by atoms with Gasteiger partial charge >= 0.3 is 0 Å². The largest absolute Gasteiger partial charge is 0.355 e. The highest BCUT2D eigenvalue weighted by Gasteiger charge is 2.25. The molecular weight excluding hydrogens is 285 g/mol. The highest BCUT2D eigenvalue weighted by atomic mass is 35.5. The summed E-state index contributed by atoms with van der Waals surface area (Å²) in [6, 6.07) is 0.788. The highest BCUT2D eigenvalue weighted by Crippen LogP contribution is 2.24. The molecule has 1 saturated carbocycles. The van der Waals surface area contributed by atoms with Gasteiger partial charge in [0.25, 0.3) is 0 Å². The van der Waals surface area contributed by atoms with E-state index in [9.17, 15) is 4.79 Å². The standard InChI is InChI=1S/C13H25N3O.2ClH/c1-16(12-2-3-12)9-8-15-13(17)10-11-4-6-14-7-5-11;;/h11-12,14H,2-10H2,1H3,(H,15,17);2*1H. The molecule has 0 unspecified atom stereocenters. The number of nitrogens with zero attached hydrogens (tertiary/aromatic N) is 1. The van der Waals surface area contributed by atoms with Crippen molar-refractivity contribution >= 4 is 30.7 Å². The van der Waals surface area contributed by atoms with E-state index in [0.717, 1.165) is 51.5 Å². The number of hydrogen-bond acceptors (Lipinski definition) is 3. The van der Waals surface area contributed by atoms with E-state index < -0.39 is 0 Å². The molecule has 1 saturated heterocycles. The number of piperidine rings is 1. The molecule has 4 nitrogen and oxygen atoms in total. The topological polar surface area (TPSA) is 44.4 Å². The van der Waals surface area contributed by atoms with Gasteiger partial charge in [-0.25, -0.2) is 0 Å². The van der Waals surface area contributed by atoms with Gasteiger partial charge in [-0.2, -0.15) is 0 Å². The molecule has 1 amide bonds. The van der Waals surface area contributed by atoms with Gasteiger partial charge in [-0.3, -0.25) is 4.79 Å². The first-order chi connectivity index (χ1) is 8.25. The summed E-state index contributed by atoms with van der Waals surface area (Å²) >= 11 is 0. The Morgan fingerprint density at radius 3 is 2.42 bits per heavy atom. The van der Waals surface area contributed by atoms with Crippen LogP contribution >= 0.6 is 24.8 Å². The maximum atomic E-state index is 11.7. The third kappa shape index (κ3) is 7.35. The Morgan fingerprint density at radius 2 is 1.84 bits per heavy atom. The fourth-order valence-electron chi connectivity index (χ4n) is 2.49. The van der Waals surface area contributed by atoms with E-state index in [1.165, 1.54) is 12.8 Å². The van der Waals surface area contributed by atoms with E-state index in [4.69, 9.17) is 0 Å². The first-order valence-corrected chi connectivity index (χ1v) is 6.93. The second kappa shape index (κ2) is 9.81. The van der Waals surface area contributed by atoms with Crippen LogP contribution < -0.4 is 10.6 Å². The van der Waals surface area contributed by atoms with E-state index in [-0.39, 0.29) is 30.7 Å². The minimum Gasteiger partial charge on any atom is -0.355 e. The lowest BCUT2D eigenvalue weighted by Gasteiger charge is -2.22. The van der Waals surface area contributed by atoms with E-state index in [1.807, 2.05) is 0 Å². The summed E-state index contributed by atoms with van der Waals surface area (Å²) < 4.78 is 0. The first-order valence-electron chi connectivity index (χ1n) is 6.93. The molecular formula is C13H27Cl2N3O. The molecule has 1 heterocycles. The number of amides is 1. The molecule has 2 rings (SSSR count). The SMILES string of the molecule is CN(CCNC(=O)CC1CCNCC1)C1CC1.Cl.Cl. The van der Waals surface area contributed by atoms with Gasteiger partial charge in [0, 0.05) is 25.6 Å². The third-order valence-electron chi connectivity index (χ3n) is 3.89.